The molecule has 0 N–H and O–H groups in total. The van der Waals surface area contributed by atoms with E-state index in [9.17, 15) is 27.6 Å². The summed E-state index contributed by atoms with van der Waals surface area (Å²) in [5.74, 6) is -3.22. The third kappa shape index (κ3) is 9.27. The predicted molar refractivity (Wildman–Crippen MR) is 158 cm³/mol. The fourth-order valence-electron chi connectivity index (χ4n) is 5.84. The monoisotopic (exact) mass is 613 g/mol. The maximum Gasteiger partial charge on any atom is 0.422 e. The molecular formula is C33H50F3NO6. The zero-order chi connectivity index (χ0) is 32.6. The minimum atomic E-state index is -4.75. The Morgan fingerprint density at radius 3 is 2.23 bits per heavy atom. The third-order valence-corrected chi connectivity index (χ3v) is 9.21. The molecule has 1 heterocycles. The lowest BCUT2D eigenvalue weighted by atomic mass is 9.70. The summed E-state index contributed by atoms with van der Waals surface area (Å²) in [6, 6.07) is 9.52. The highest BCUT2D eigenvalue weighted by molar-refractivity contribution is 5.84. The van der Waals surface area contributed by atoms with Gasteiger partial charge in [0.2, 0.25) is 0 Å². The first-order chi connectivity index (χ1) is 20.0. The molecule has 244 valence electrons. The lowest BCUT2D eigenvalue weighted by molar-refractivity contribution is -0.341. The third-order valence-electron chi connectivity index (χ3n) is 9.21. The molecule has 0 aromatic heterocycles. The van der Waals surface area contributed by atoms with Crippen LogP contribution in [0.5, 0.6) is 0 Å². The van der Waals surface area contributed by atoms with E-state index in [1.807, 2.05) is 71.9 Å². The van der Waals surface area contributed by atoms with Gasteiger partial charge in [0, 0.05) is 18.8 Å². The van der Waals surface area contributed by atoms with E-state index in [4.69, 9.17) is 14.3 Å². The second kappa shape index (κ2) is 15.0. The fraction of sp³-hybridized carbons (Fsp3) is 0.727. The van der Waals surface area contributed by atoms with Gasteiger partial charge in [-0.3, -0.25) is 14.4 Å². The van der Waals surface area contributed by atoms with E-state index >= 15 is 0 Å². The Kier molecular flexibility index (Phi) is 12.8. The molecule has 0 aliphatic carbocycles. The van der Waals surface area contributed by atoms with E-state index in [0.29, 0.717) is 19.3 Å². The van der Waals surface area contributed by atoms with E-state index in [-0.39, 0.29) is 37.6 Å². The number of piperidine rings is 1. The molecule has 7 nitrogen and oxygen atoms in total. The molecule has 6 atom stereocenters. The van der Waals surface area contributed by atoms with E-state index < -0.39 is 53.2 Å². The van der Waals surface area contributed by atoms with Gasteiger partial charge in [-0.15, -0.1) is 0 Å². The molecule has 0 spiro atoms. The van der Waals surface area contributed by atoms with Crippen molar-refractivity contribution in [3.63, 3.8) is 0 Å². The van der Waals surface area contributed by atoms with Crippen LogP contribution in [0.25, 0.3) is 0 Å². The number of unbranched alkanes of at least 4 members (excludes halogenated alkanes) is 1. The number of halogens is 3. The molecular weight excluding hydrogens is 563 g/mol. The molecule has 1 aromatic carbocycles. The van der Waals surface area contributed by atoms with E-state index in [1.165, 1.54) is 6.92 Å². The van der Waals surface area contributed by atoms with Gasteiger partial charge in [-0.2, -0.15) is 18.2 Å². The average molecular weight is 614 g/mol. The van der Waals surface area contributed by atoms with Gasteiger partial charge in [0.05, 0.1) is 23.6 Å². The first-order valence-electron chi connectivity index (χ1n) is 15.4. The van der Waals surface area contributed by atoms with Gasteiger partial charge in [0.25, 0.3) is 0 Å². The van der Waals surface area contributed by atoms with Crippen molar-refractivity contribution in [1.82, 2.24) is 5.06 Å². The molecule has 10 heteroatoms. The molecule has 1 aromatic rings. The maximum atomic E-state index is 13.6. The van der Waals surface area contributed by atoms with Crippen molar-refractivity contribution in [2.24, 2.45) is 11.8 Å². The van der Waals surface area contributed by atoms with Gasteiger partial charge in [-0.05, 0) is 57.9 Å². The van der Waals surface area contributed by atoms with Crippen LogP contribution in [0.4, 0.5) is 13.2 Å². The second-order valence-electron chi connectivity index (χ2n) is 12.7. The summed E-state index contributed by atoms with van der Waals surface area (Å²) in [7, 11) is 0. The van der Waals surface area contributed by atoms with Gasteiger partial charge in [0.1, 0.15) is 5.78 Å². The normalized spacial score (nSPS) is 25.9. The van der Waals surface area contributed by atoms with E-state index in [1.54, 1.807) is 12.0 Å². The van der Waals surface area contributed by atoms with Gasteiger partial charge in [-0.25, -0.2) is 4.79 Å². The van der Waals surface area contributed by atoms with Crippen LogP contribution in [-0.4, -0.2) is 58.9 Å². The Morgan fingerprint density at radius 1 is 1.07 bits per heavy atom. The van der Waals surface area contributed by atoms with Crippen LogP contribution < -0.4 is 0 Å². The van der Waals surface area contributed by atoms with Crippen LogP contribution >= 0.6 is 0 Å². The number of benzene rings is 1. The smallest absolute Gasteiger partial charge is 0.422 e. The van der Waals surface area contributed by atoms with Crippen LogP contribution in [0.15, 0.2) is 30.3 Å². The van der Waals surface area contributed by atoms with Crippen LogP contribution in [-0.2, 0) is 28.7 Å². The summed E-state index contributed by atoms with van der Waals surface area (Å²) in [5, 5.41) is 1.64. The van der Waals surface area contributed by atoms with E-state index in [0.717, 1.165) is 12.0 Å². The number of rotatable bonds is 15. The minimum Gasteiger partial charge on any atom is -0.465 e. The molecule has 0 radical (unpaired) electrons. The summed E-state index contributed by atoms with van der Waals surface area (Å²) < 4.78 is 50.0. The zero-order valence-corrected chi connectivity index (χ0v) is 27.0. The second-order valence-corrected chi connectivity index (χ2v) is 12.7. The molecule has 2 rings (SSSR count). The lowest BCUT2D eigenvalue weighted by Gasteiger charge is -2.57. The number of Topliss-reactive ketones (excluding diaryl/α,β-unsaturated/α-hetero) is 1. The minimum absolute atomic E-state index is 0.0453. The molecule has 1 aliphatic heterocycles. The van der Waals surface area contributed by atoms with Gasteiger partial charge < -0.3 is 9.47 Å². The Morgan fingerprint density at radius 2 is 1.70 bits per heavy atom. The van der Waals surface area contributed by atoms with Gasteiger partial charge in [0.15, 0.2) is 12.2 Å². The zero-order valence-electron chi connectivity index (χ0n) is 27.0. The first-order valence-corrected chi connectivity index (χ1v) is 15.4. The topological polar surface area (TPSA) is 82.1 Å². The number of hydrogen-bond acceptors (Lipinski definition) is 7. The average Bonchev–Trinajstić information content (AvgIpc) is 2.96. The van der Waals surface area contributed by atoms with Crippen LogP contribution in [0.3, 0.4) is 0 Å². The van der Waals surface area contributed by atoms with Crippen molar-refractivity contribution in [3.05, 3.63) is 35.9 Å². The van der Waals surface area contributed by atoms with Crippen LogP contribution in [0, 0.1) is 11.8 Å². The highest BCUT2D eigenvalue weighted by Crippen LogP contribution is 2.46. The van der Waals surface area contributed by atoms with Crippen molar-refractivity contribution < 1.29 is 41.9 Å². The SMILES string of the molecule is CCCCOC(=O)C(CC(C)c1ccccc1)CC(C)(ON1C(C)(CC)CC(=O)C(C)C1(C)CC)C(=O)OCC(F)(F)F. The number of hydrogen-bond donors (Lipinski definition) is 0. The molecule has 6 unspecified atom stereocenters. The molecule has 1 fully saturated rings. The van der Waals surface area contributed by atoms with Gasteiger partial charge in [-0.1, -0.05) is 71.4 Å². The first kappa shape index (κ1) is 36.7. The summed E-state index contributed by atoms with van der Waals surface area (Å²) in [6.07, 6.45) is -2.22. The molecule has 1 saturated heterocycles. The summed E-state index contributed by atoms with van der Waals surface area (Å²) in [4.78, 5) is 46.8. The van der Waals surface area contributed by atoms with Crippen LogP contribution in [0.2, 0.25) is 0 Å². The highest BCUT2D eigenvalue weighted by atomic mass is 19.4. The molecule has 43 heavy (non-hydrogen) atoms. The predicted octanol–water partition coefficient (Wildman–Crippen LogP) is 7.57. The molecule has 0 saturated carbocycles. The maximum absolute atomic E-state index is 13.6. The van der Waals surface area contributed by atoms with Crippen molar-refractivity contribution in [2.75, 3.05) is 13.2 Å². The van der Waals surface area contributed by atoms with Gasteiger partial charge >= 0.3 is 18.1 Å². The van der Waals surface area contributed by atoms with Crippen molar-refractivity contribution in [1.29, 1.82) is 0 Å². The Balaban J connectivity index is 2.58. The van der Waals surface area contributed by atoms with Crippen molar-refractivity contribution in [3.8, 4) is 0 Å². The fourth-order valence-corrected chi connectivity index (χ4v) is 5.84. The van der Waals surface area contributed by atoms with Crippen LogP contribution in [0.1, 0.15) is 112 Å². The lowest BCUT2D eigenvalue weighted by Crippen LogP contribution is -2.69. The number of hydroxylamine groups is 2. The van der Waals surface area contributed by atoms with E-state index in [2.05, 4.69) is 0 Å². The number of carbonyl (C=O) groups is 3. The number of ether oxygens (including phenoxy) is 2. The summed E-state index contributed by atoms with van der Waals surface area (Å²) >= 11 is 0. The largest absolute Gasteiger partial charge is 0.465 e. The summed E-state index contributed by atoms with van der Waals surface area (Å²) in [6.45, 7) is 13.0. The quantitative estimate of drug-likeness (QED) is 0.149. The number of nitrogens with zero attached hydrogens (tertiary/aromatic N) is 1. The Bertz CT molecular complexity index is 1080. The van der Waals surface area contributed by atoms with Crippen molar-refractivity contribution >= 4 is 17.7 Å². The Labute approximate surface area is 254 Å². The Hall–Kier alpha value is -2.46. The molecule has 1 aliphatic rings. The number of ketones is 1. The number of alkyl halides is 3. The molecule has 0 amide bonds. The molecule has 0 bridgehead atoms. The summed E-state index contributed by atoms with van der Waals surface area (Å²) in [5.41, 5.74) is -2.76. The number of esters is 2. The highest BCUT2D eigenvalue weighted by Gasteiger charge is 2.57. The van der Waals surface area contributed by atoms with Crippen molar-refractivity contribution in [2.45, 2.75) is 129 Å². The number of carbonyl (C=O) groups excluding carboxylic acids is 3. The standard InChI is InChI=1S/C33H50F3NO6/c1-9-12-18-41-28(39)26(19-23(4)25-16-14-13-15-17-25)20-32(8,29(40)42-22-33(34,35)36)43-37-30(6,10-2)21-27(38)24(5)31(37,7)11-3/h13-17,23-24,26H,9-12,18-22H2,1-8H3.